The summed E-state index contributed by atoms with van der Waals surface area (Å²) in [5.41, 5.74) is 1.28. The van der Waals surface area contributed by atoms with E-state index in [4.69, 9.17) is 25.6 Å². The van der Waals surface area contributed by atoms with Crippen LogP contribution in [-0.4, -0.2) is 29.2 Å². The molecule has 4 rings (SSSR count). The van der Waals surface area contributed by atoms with Crippen LogP contribution in [0.25, 0.3) is 10.9 Å². The van der Waals surface area contributed by atoms with Gasteiger partial charge in [0.2, 0.25) is 5.91 Å². The zero-order valence-corrected chi connectivity index (χ0v) is 22.4. The number of ether oxygens (including phenoxy) is 2. The second-order valence-corrected chi connectivity index (χ2v) is 9.84. The Kier molecular flexibility index (Phi) is 7.72. The zero-order chi connectivity index (χ0) is 27.4. The summed E-state index contributed by atoms with van der Waals surface area (Å²) in [5.74, 6) is 2.22. The molecule has 0 bridgehead atoms. The van der Waals surface area contributed by atoms with Crippen LogP contribution in [0.2, 0.25) is 5.02 Å². The molecule has 0 aliphatic carbocycles. The number of carbonyl (C=O) groups is 2. The fraction of sp³-hybridized carbons (Fsp3) is 0.259. The third-order valence-corrected chi connectivity index (χ3v) is 5.84. The van der Waals surface area contributed by atoms with Crippen LogP contribution in [0.15, 0.2) is 53.2 Å². The van der Waals surface area contributed by atoms with Crippen molar-refractivity contribution in [3.63, 3.8) is 0 Å². The molecule has 10 nitrogen and oxygen atoms in total. The van der Waals surface area contributed by atoms with E-state index in [2.05, 4.69) is 26.1 Å². The Hall–Kier alpha value is -4.31. The van der Waals surface area contributed by atoms with Gasteiger partial charge in [-0.2, -0.15) is 0 Å². The lowest BCUT2D eigenvalue weighted by atomic mass is 9.93. The predicted octanol–water partition coefficient (Wildman–Crippen LogP) is 6.97. The molecule has 0 aliphatic rings. The molecule has 2 aromatic carbocycles. The number of fused-ring (bicyclic) bond motifs is 1. The number of aromatic nitrogens is 2. The highest BCUT2D eigenvalue weighted by atomic mass is 35.5. The van der Waals surface area contributed by atoms with Crippen LogP contribution in [0.5, 0.6) is 17.2 Å². The number of benzene rings is 2. The van der Waals surface area contributed by atoms with E-state index < -0.39 is 6.03 Å². The number of amides is 3. The SMILES string of the molecule is CCC(=O)Nc1cc2c(Oc3ccc(NC(=O)Nc4cc(C(C)(C)C)on4)c(Cl)c3)ccnc2cc1OC. The number of rotatable bonds is 7. The van der Waals surface area contributed by atoms with E-state index >= 15 is 0 Å². The molecule has 0 saturated carbocycles. The summed E-state index contributed by atoms with van der Waals surface area (Å²) in [5, 5.41) is 13.0. The molecule has 4 aromatic rings. The van der Waals surface area contributed by atoms with Crippen LogP contribution in [-0.2, 0) is 10.2 Å². The second kappa shape index (κ2) is 11.0. The zero-order valence-electron chi connectivity index (χ0n) is 21.6. The van der Waals surface area contributed by atoms with Gasteiger partial charge in [0.1, 0.15) is 23.0 Å². The Morgan fingerprint density at radius 3 is 2.45 bits per heavy atom. The molecule has 38 heavy (non-hydrogen) atoms. The molecule has 198 valence electrons. The first-order valence-electron chi connectivity index (χ1n) is 11.9. The number of nitrogens with zero attached hydrogens (tertiary/aromatic N) is 2. The van der Waals surface area contributed by atoms with Gasteiger partial charge in [-0.25, -0.2) is 4.79 Å². The van der Waals surface area contributed by atoms with Crippen LogP contribution in [0.4, 0.5) is 22.0 Å². The van der Waals surface area contributed by atoms with E-state index in [0.29, 0.717) is 57.5 Å². The third-order valence-electron chi connectivity index (χ3n) is 5.53. The summed E-state index contributed by atoms with van der Waals surface area (Å²) in [6.07, 6.45) is 1.93. The van der Waals surface area contributed by atoms with Crippen molar-refractivity contribution < 1.29 is 23.6 Å². The van der Waals surface area contributed by atoms with Gasteiger partial charge in [-0.15, -0.1) is 0 Å². The maximum atomic E-state index is 12.5. The highest BCUT2D eigenvalue weighted by Gasteiger charge is 2.20. The molecule has 0 atom stereocenters. The average molecular weight is 538 g/mol. The molecule has 2 heterocycles. The fourth-order valence-electron chi connectivity index (χ4n) is 3.49. The fourth-order valence-corrected chi connectivity index (χ4v) is 3.71. The number of urea groups is 1. The molecule has 0 aliphatic heterocycles. The van der Waals surface area contributed by atoms with Crippen molar-refractivity contribution in [1.82, 2.24) is 10.1 Å². The predicted molar refractivity (Wildman–Crippen MR) is 147 cm³/mol. The maximum absolute atomic E-state index is 12.5. The molecular formula is C27H28ClN5O5. The lowest BCUT2D eigenvalue weighted by Crippen LogP contribution is -2.19. The van der Waals surface area contributed by atoms with Crippen LogP contribution in [0.1, 0.15) is 39.9 Å². The Balaban J connectivity index is 1.51. The average Bonchev–Trinajstić information content (AvgIpc) is 3.34. The van der Waals surface area contributed by atoms with Crippen LogP contribution in [0.3, 0.4) is 0 Å². The largest absolute Gasteiger partial charge is 0.494 e. The minimum Gasteiger partial charge on any atom is -0.494 e. The number of nitrogens with one attached hydrogen (secondary N) is 3. The number of halogens is 1. The van der Waals surface area contributed by atoms with Crippen molar-refractivity contribution in [1.29, 1.82) is 0 Å². The minimum absolute atomic E-state index is 0.147. The van der Waals surface area contributed by atoms with Gasteiger partial charge in [-0.3, -0.25) is 15.1 Å². The van der Waals surface area contributed by atoms with Crippen molar-refractivity contribution in [3.05, 3.63) is 59.4 Å². The van der Waals surface area contributed by atoms with Crippen molar-refractivity contribution in [3.8, 4) is 17.2 Å². The number of carbonyl (C=O) groups excluding carboxylic acids is 2. The van der Waals surface area contributed by atoms with E-state index in [1.54, 1.807) is 55.6 Å². The van der Waals surface area contributed by atoms with E-state index in [1.807, 2.05) is 20.8 Å². The first-order valence-corrected chi connectivity index (χ1v) is 12.2. The van der Waals surface area contributed by atoms with Crippen molar-refractivity contribution in [2.24, 2.45) is 0 Å². The van der Waals surface area contributed by atoms with Gasteiger partial charge >= 0.3 is 6.03 Å². The van der Waals surface area contributed by atoms with Gasteiger partial charge in [0, 0.05) is 41.6 Å². The highest BCUT2D eigenvalue weighted by Crippen LogP contribution is 2.37. The highest BCUT2D eigenvalue weighted by molar-refractivity contribution is 6.34. The molecule has 3 N–H and O–H groups in total. The molecule has 0 saturated heterocycles. The quantitative estimate of drug-likeness (QED) is 0.232. The second-order valence-electron chi connectivity index (χ2n) is 9.43. The standard InChI is InChI=1S/C27H28ClN5O5/c1-6-25(34)30-20-12-16-19(13-22(20)36-5)29-10-9-21(16)37-15-7-8-18(17(28)11-15)31-26(35)32-24-14-23(38-33-24)27(2,3)4/h7-14H,6H2,1-5H3,(H,30,34)(H2,31,32,33,35). The Morgan fingerprint density at radius 2 is 1.79 bits per heavy atom. The first kappa shape index (κ1) is 26.7. The van der Waals surface area contributed by atoms with E-state index in [-0.39, 0.29) is 16.3 Å². The summed E-state index contributed by atoms with van der Waals surface area (Å²) in [6.45, 7) is 7.71. The summed E-state index contributed by atoms with van der Waals surface area (Å²) in [6, 6.07) is 11.2. The van der Waals surface area contributed by atoms with Gasteiger partial charge < -0.3 is 24.6 Å². The number of anilines is 3. The van der Waals surface area contributed by atoms with Crippen molar-refractivity contribution >= 4 is 51.6 Å². The number of hydrogen-bond acceptors (Lipinski definition) is 7. The molecule has 11 heteroatoms. The van der Waals surface area contributed by atoms with E-state index in [0.717, 1.165) is 0 Å². The van der Waals surface area contributed by atoms with Crippen LogP contribution in [0, 0.1) is 0 Å². The summed E-state index contributed by atoms with van der Waals surface area (Å²) >= 11 is 6.43. The maximum Gasteiger partial charge on any atom is 0.324 e. The van der Waals surface area contributed by atoms with Gasteiger partial charge in [0.25, 0.3) is 0 Å². The van der Waals surface area contributed by atoms with Crippen LogP contribution < -0.4 is 25.4 Å². The minimum atomic E-state index is -0.523. The first-order chi connectivity index (χ1) is 18.1. The lowest BCUT2D eigenvalue weighted by molar-refractivity contribution is -0.115. The number of hydrogen-bond donors (Lipinski definition) is 3. The van der Waals surface area contributed by atoms with E-state index in [9.17, 15) is 9.59 Å². The molecule has 0 fully saturated rings. The number of methoxy groups -OCH3 is 1. The molecule has 2 aromatic heterocycles. The van der Waals surface area contributed by atoms with E-state index in [1.165, 1.54) is 7.11 Å². The van der Waals surface area contributed by atoms with Gasteiger partial charge in [-0.1, -0.05) is 44.5 Å². The Labute approximate surface area is 224 Å². The Bertz CT molecular complexity index is 1500. The molecular weight excluding hydrogens is 510 g/mol. The van der Waals surface area contributed by atoms with Crippen molar-refractivity contribution in [2.75, 3.05) is 23.1 Å². The molecule has 0 radical (unpaired) electrons. The molecule has 3 amide bonds. The third kappa shape index (κ3) is 6.15. The van der Waals surface area contributed by atoms with Crippen LogP contribution >= 0.6 is 11.6 Å². The normalized spacial score (nSPS) is 11.2. The lowest BCUT2D eigenvalue weighted by Gasteiger charge is -2.14. The van der Waals surface area contributed by atoms with Gasteiger partial charge in [0.05, 0.1) is 29.0 Å². The molecule has 0 spiro atoms. The Morgan fingerprint density at radius 1 is 1.00 bits per heavy atom. The monoisotopic (exact) mass is 537 g/mol. The summed E-state index contributed by atoms with van der Waals surface area (Å²) in [7, 11) is 1.52. The number of pyridine rings is 1. The smallest absolute Gasteiger partial charge is 0.324 e. The summed E-state index contributed by atoms with van der Waals surface area (Å²) in [4.78, 5) is 28.8. The molecule has 0 unspecified atom stereocenters. The van der Waals surface area contributed by atoms with Gasteiger partial charge in [0.15, 0.2) is 5.82 Å². The summed E-state index contributed by atoms with van der Waals surface area (Å²) < 4.78 is 16.8. The van der Waals surface area contributed by atoms with Gasteiger partial charge in [-0.05, 0) is 24.3 Å². The topological polar surface area (TPSA) is 128 Å². The van der Waals surface area contributed by atoms with Crippen molar-refractivity contribution in [2.45, 2.75) is 39.5 Å².